The van der Waals surface area contributed by atoms with Gasteiger partial charge in [-0.1, -0.05) is 132 Å². The zero-order chi connectivity index (χ0) is 38.9. The maximum Gasteiger partial charge on any atom is 0.472 e. The van der Waals surface area contributed by atoms with E-state index in [2.05, 4.69) is 92.1 Å². The van der Waals surface area contributed by atoms with Gasteiger partial charge >= 0.3 is 13.8 Å². The van der Waals surface area contributed by atoms with Crippen LogP contribution in [0.1, 0.15) is 155 Å². The van der Waals surface area contributed by atoms with E-state index in [1.165, 1.54) is 44.9 Å². The van der Waals surface area contributed by atoms with Crippen molar-refractivity contribution in [2.45, 2.75) is 161 Å². The summed E-state index contributed by atoms with van der Waals surface area (Å²) in [4.78, 5) is 33.8. The molecule has 0 saturated carbocycles. The van der Waals surface area contributed by atoms with Crippen molar-refractivity contribution in [2.75, 3.05) is 26.4 Å². The molecule has 304 valence electrons. The van der Waals surface area contributed by atoms with Gasteiger partial charge in [-0.3, -0.25) is 18.6 Å². The van der Waals surface area contributed by atoms with Gasteiger partial charge in [0, 0.05) is 19.4 Å². The van der Waals surface area contributed by atoms with Crippen molar-refractivity contribution in [2.24, 2.45) is 0 Å². The Morgan fingerprint density at radius 1 is 0.604 bits per heavy atom. The fourth-order valence-corrected chi connectivity index (χ4v) is 5.80. The zero-order valence-corrected chi connectivity index (χ0v) is 34.1. The Balaban J connectivity index is 3.69. The number of phosphoric ester groups is 1. The number of allylic oxidation sites excluding steroid dienone is 12. The number of hydrogen-bond acceptors (Lipinski definition) is 7. The summed E-state index contributed by atoms with van der Waals surface area (Å²) in [7, 11) is -4.43. The number of unbranched alkanes of at least 4 members (excludes halogenated alkanes) is 12. The Labute approximate surface area is 322 Å². The van der Waals surface area contributed by atoms with Gasteiger partial charge in [0.25, 0.3) is 0 Å². The molecule has 2 unspecified atom stereocenters. The number of ether oxygens (including phenoxy) is 1. The van der Waals surface area contributed by atoms with Crippen molar-refractivity contribution < 1.29 is 37.9 Å². The minimum atomic E-state index is -4.43. The van der Waals surface area contributed by atoms with Crippen LogP contribution in [0.4, 0.5) is 0 Å². The van der Waals surface area contributed by atoms with Gasteiger partial charge in [-0.25, -0.2) is 4.57 Å². The largest absolute Gasteiger partial charge is 0.472 e. The summed E-state index contributed by atoms with van der Waals surface area (Å²) in [6.07, 6.45) is 46.9. The second kappa shape index (κ2) is 39.2. The van der Waals surface area contributed by atoms with Gasteiger partial charge in [0.1, 0.15) is 12.7 Å². The number of rotatable bonds is 37. The third-order valence-electron chi connectivity index (χ3n) is 8.12. The van der Waals surface area contributed by atoms with Crippen LogP contribution in [-0.2, 0) is 27.9 Å². The Morgan fingerprint density at radius 2 is 1.08 bits per heavy atom. The molecule has 0 aromatic rings. The number of carbonyl (C=O) groups excluding carboxylic acids is 2. The molecule has 0 saturated heterocycles. The summed E-state index contributed by atoms with van der Waals surface area (Å²) in [6, 6.07) is 0. The number of aliphatic hydroxyl groups excluding tert-OH is 1. The molecule has 0 bridgehead atoms. The van der Waals surface area contributed by atoms with Crippen LogP contribution in [-0.4, -0.2) is 54.3 Å². The number of phosphoric acid groups is 1. The molecule has 0 aromatic carbocycles. The average molecular weight is 764 g/mol. The smallest absolute Gasteiger partial charge is 0.463 e. The predicted molar refractivity (Wildman–Crippen MR) is 219 cm³/mol. The molecule has 0 aliphatic heterocycles. The number of amides is 1. The Hall–Kier alpha value is -2.55. The highest BCUT2D eigenvalue weighted by Crippen LogP contribution is 2.42. The van der Waals surface area contributed by atoms with Crippen molar-refractivity contribution in [3.8, 4) is 0 Å². The molecule has 0 radical (unpaired) electrons. The molecule has 0 aliphatic carbocycles. The van der Waals surface area contributed by atoms with Crippen LogP contribution in [0.15, 0.2) is 72.9 Å². The maximum absolute atomic E-state index is 12.1. The van der Waals surface area contributed by atoms with E-state index >= 15 is 0 Å². The lowest BCUT2D eigenvalue weighted by Gasteiger charge is -2.15. The Morgan fingerprint density at radius 3 is 1.64 bits per heavy atom. The van der Waals surface area contributed by atoms with Gasteiger partial charge in [-0.2, -0.15) is 0 Å². The lowest BCUT2D eigenvalue weighted by Crippen LogP contribution is -2.27. The minimum Gasteiger partial charge on any atom is -0.463 e. The fourth-order valence-electron chi connectivity index (χ4n) is 5.05. The lowest BCUT2D eigenvalue weighted by atomic mass is 10.1. The summed E-state index contributed by atoms with van der Waals surface area (Å²) in [5, 5.41) is 12.6. The molecule has 53 heavy (non-hydrogen) atoms. The normalized spacial score (nSPS) is 14.1. The van der Waals surface area contributed by atoms with Crippen LogP contribution >= 0.6 is 7.82 Å². The van der Waals surface area contributed by atoms with Crippen molar-refractivity contribution in [1.82, 2.24) is 5.32 Å². The highest BCUT2D eigenvalue weighted by molar-refractivity contribution is 7.47. The summed E-state index contributed by atoms with van der Waals surface area (Å²) in [6.45, 7) is 3.33. The van der Waals surface area contributed by atoms with Crippen LogP contribution in [0.3, 0.4) is 0 Å². The molecule has 9 nitrogen and oxygen atoms in total. The summed E-state index contributed by atoms with van der Waals surface area (Å²) in [5.74, 6) is -0.573. The quantitative estimate of drug-likeness (QED) is 0.0247. The molecule has 2 atom stereocenters. The molecule has 3 N–H and O–H groups in total. The first-order valence-corrected chi connectivity index (χ1v) is 21.9. The standard InChI is InChI=1S/C43H74NO8P/c1-3-5-7-9-11-13-15-17-19-20-22-24-26-28-30-32-34-36-43(47)50-39-41(45)40-52-53(48,49)51-38-37-44-42(46)35-33-31-29-27-25-23-21-18-16-14-12-10-8-6-4-2/h6,8,11-14,17-19,21,25,27,41,45H,3-5,7,9-10,15-16,20,22-24,26,28-40H2,1-2H3,(H,44,46)(H,48,49)/b8-6-,13-11-,14-12-,19-17-,21-18-,27-25-. The Kier molecular flexibility index (Phi) is 37.3. The van der Waals surface area contributed by atoms with Crippen LogP contribution in [0, 0.1) is 0 Å². The minimum absolute atomic E-state index is 0.0545. The third-order valence-corrected chi connectivity index (χ3v) is 9.10. The van der Waals surface area contributed by atoms with Crippen molar-refractivity contribution in [1.29, 1.82) is 0 Å². The summed E-state index contributed by atoms with van der Waals surface area (Å²) in [5.41, 5.74) is 0. The van der Waals surface area contributed by atoms with E-state index in [1.54, 1.807) is 0 Å². The monoisotopic (exact) mass is 764 g/mol. The maximum atomic E-state index is 12.1. The van der Waals surface area contributed by atoms with Crippen LogP contribution in [0.5, 0.6) is 0 Å². The highest BCUT2D eigenvalue weighted by Gasteiger charge is 2.23. The van der Waals surface area contributed by atoms with E-state index in [1.807, 2.05) is 0 Å². The van der Waals surface area contributed by atoms with Gasteiger partial charge in [-0.15, -0.1) is 0 Å². The molecule has 1 amide bonds. The summed E-state index contributed by atoms with van der Waals surface area (Å²) >= 11 is 0. The number of aliphatic hydroxyl groups is 1. The van der Waals surface area contributed by atoms with E-state index in [4.69, 9.17) is 13.8 Å². The Bertz CT molecular complexity index is 1100. The molecule has 0 aromatic heterocycles. The number of hydrogen-bond donors (Lipinski definition) is 3. The first kappa shape index (κ1) is 50.5. The van der Waals surface area contributed by atoms with E-state index in [0.717, 1.165) is 83.5 Å². The van der Waals surface area contributed by atoms with E-state index in [9.17, 15) is 24.2 Å². The second-order valence-corrected chi connectivity index (χ2v) is 14.7. The van der Waals surface area contributed by atoms with E-state index in [-0.39, 0.29) is 32.1 Å². The molecule has 10 heteroatoms. The first-order chi connectivity index (χ1) is 25.8. The fraction of sp³-hybridized carbons (Fsp3) is 0.674. The van der Waals surface area contributed by atoms with Gasteiger partial charge < -0.3 is 20.1 Å². The average Bonchev–Trinajstić information content (AvgIpc) is 3.14. The number of esters is 1. The lowest BCUT2D eigenvalue weighted by molar-refractivity contribution is -0.147. The predicted octanol–water partition coefficient (Wildman–Crippen LogP) is 11.1. The van der Waals surface area contributed by atoms with Gasteiger partial charge in [0.2, 0.25) is 5.91 Å². The second-order valence-electron chi connectivity index (χ2n) is 13.2. The summed E-state index contributed by atoms with van der Waals surface area (Å²) < 4.78 is 26.8. The molecular weight excluding hydrogens is 689 g/mol. The molecule has 0 fully saturated rings. The van der Waals surface area contributed by atoms with Crippen LogP contribution in [0.2, 0.25) is 0 Å². The zero-order valence-electron chi connectivity index (χ0n) is 33.2. The van der Waals surface area contributed by atoms with Crippen LogP contribution < -0.4 is 5.32 Å². The van der Waals surface area contributed by atoms with Gasteiger partial charge in [-0.05, 0) is 83.5 Å². The number of carbonyl (C=O) groups is 2. The topological polar surface area (TPSA) is 131 Å². The highest BCUT2D eigenvalue weighted by atomic mass is 31.2. The first-order valence-electron chi connectivity index (χ1n) is 20.4. The molecule has 0 spiro atoms. The van der Waals surface area contributed by atoms with Crippen molar-refractivity contribution >= 4 is 19.7 Å². The van der Waals surface area contributed by atoms with Gasteiger partial charge in [0.05, 0.1) is 13.2 Å². The van der Waals surface area contributed by atoms with Crippen molar-refractivity contribution in [3.05, 3.63) is 72.9 Å². The van der Waals surface area contributed by atoms with E-state index < -0.39 is 26.5 Å². The van der Waals surface area contributed by atoms with Crippen molar-refractivity contribution in [3.63, 3.8) is 0 Å². The van der Waals surface area contributed by atoms with E-state index in [0.29, 0.717) is 6.42 Å². The SMILES string of the molecule is CC/C=C\C/C=C\C/C=C\C/C=C\CCCCC(=O)NCCOP(=O)(O)OCC(O)COC(=O)CCCCCCCCC/C=C\C/C=C\CCCCC. The number of nitrogens with one attached hydrogen (secondary N) is 1. The van der Waals surface area contributed by atoms with Gasteiger partial charge in [0.15, 0.2) is 0 Å². The molecular formula is C43H74NO8P. The third kappa shape index (κ3) is 40.5. The van der Waals surface area contributed by atoms with Crippen LogP contribution in [0.25, 0.3) is 0 Å². The molecule has 0 heterocycles. The molecule has 0 rings (SSSR count). The molecule has 0 aliphatic rings.